The maximum Gasteiger partial charge on any atom is 0.208 e. The molecule has 1 rings (SSSR count). The molecule has 1 aromatic rings. The number of hydrogen-bond acceptors (Lipinski definition) is 5. The fourth-order valence-electron chi connectivity index (χ4n) is 1.77. The molecule has 126 valence electrons. The molecule has 3 N–H and O–H groups in total. The second-order valence-corrected chi connectivity index (χ2v) is 8.00. The van der Waals surface area contributed by atoms with Crippen molar-refractivity contribution in [3.05, 3.63) is 15.6 Å². The van der Waals surface area contributed by atoms with Crippen LogP contribution in [-0.2, 0) is 16.6 Å². The van der Waals surface area contributed by atoms with Gasteiger partial charge in [-0.2, -0.15) is 0 Å². The smallest absolute Gasteiger partial charge is 0.208 e. The summed E-state index contributed by atoms with van der Waals surface area (Å²) in [5, 5.41) is 7.41. The Morgan fingerprint density at radius 1 is 1.27 bits per heavy atom. The third kappa shape index (κ3) is 7.71. The Bertz CT molecular complexity index is 596. The Kier molecular flexibility index (Phi) is 7.77. The summed E-state index contributed by atoms with van der Waals surface area (Å²) in [5.74, 6) is 0.729. The quantitative estimate of drug-likeness (QED) is 0.366. The van der Waals surface area contributed by atoms with Gasteiger partial charge in [0.25, 0.3) is 0 Å². The number of guanidine groups is 1. The van der Waals surface area contributed by atoms with E-state index in [9.17, 15) is 8.42 Å². The van der Waals surface area contributed by atoms with Crippen LogP contribution in [0.1, 0.15) is 28.9 Å². The van der Waals surface area contributed by atoms with Crippen LogP contribution in [0.5, 0.6) is 0 Å². The lowest BCUT2D eigenvalue weighted by Crippen LogP contribution is -2.38. The van der Waals surface area contributed by atoms with Crippen LogP contribution in [0.25, 0.3) is 0 Å². The summed E-state index contributed by atoms with van der Waals surface area (Å²) < 4.78 is 24.4. The van der Waals surface area contributed by atoms with E-state index < -0.39 is 10.0 Å². The van der Waals surface area contributed by atoms with Crippen LogP contribution < -0.4 is 15.4 Å². The average Bonchev–Trinajstić information content (AvgIpc) is 2.72. The molecule has 1 heterocycles. The lowest BCUT2D eigenvalue weighted by Gasteiger charge is -2.11. The minimum absolute atomic E-state index is 0.415. The minimum Gasteiger partial charge on any atom is -0.357 e. The van der Waals surface area contributed by atoms with E-state index in [0.717, 1.165) is 34.3 Å². The largest absolute Gasteiger partial charge is 0.357 e. The number of aliphatic imine (C=N–C) groups is 1. The summed E-state index contributed by atoms with van der Waals surface area (Å²) in [5.41, 5.74) is 1.03. The molecule has 9 heteroatoms. The highest BCUT2D eigenvalue weighted by atomic mass is 32.2. The van der Waals surface area contributed by atoms with Crippen molar-refractivity contribution >= 4 is 27.3 Å². The fraction of sp³-hybridized carbons (Fsp3) is 0.692. The summed E-state index contributed by atoms with van der Waals surface area (Å²) in [6, 6.07) is 0. The van der Waals surface area contributed by atoms with Crippen molar-refractivity contribution in [3.63, 3.8) is 0 Å². The molecule has 0 saturated heterocycles. The second kappa shape index (κ2) is 9.06. The lowest BCUT2D eigenvalue weighted by molar-refractivity contribution is 0.584. The predicted molar refractivity (Wildman–Crippen MR) is 91.9 cm³/mol. The van der Waals surface area contributed by atoms with Crippen LogP contribution >= 0.6 is 11.3 Å². The maximum atomic E-state index is 11.0. The summed E-state index contributed by atoms with van der Waals surface area (Å²) in [6.45, 7) is 8.41. The molecule has 0 bridgehead atoms. The van der Waals surface area contributed by atoms with Crippen LogP contribution in [0.2, 0.25) is 0 Å². The van der Waals surface area contributed by atoms with Crippen molar-refractivity contribution < 1.29 is 8.42 Å². The van der Waals surface area contributed by atoms with Crippen molar-refractivity contribution in [1.29, 1.82) is 0 Å². The molecule has 22 heavy (non-hydrogen) atoms. The molecule has 0 atom stereocenters. The van der Waals surface area contributed by atoms with Crippen LogP contribution in [-0.4, -0.2) is 45.3 Å². The Labute approximate surface area is 136 Å². The maximum absolute atomic E-state index is 11.0. The van der Waals surface area contributed by atoms with Gasteiger partial charge in [-0.3, -0.25) is 0 Å². The third-order valence-corrected chi connectivity index (χ3v) is 4.52. The van der Waals surface area contributed by atoms with E-state index in [2.05, 4.69) is 25.3 Å². The molecule has 0 amide bonds. The molecule has 0 saturated carbocycles. The second-order valence-electron chi connectivity index (χ2n) is 4.88. The molecule has 7 nitrogen and oxygen atoms in total. The van der Waals surface area contributed by atoms with Gasteiger partial charge in [0.15, 0.2) is 5.96 Å². The van der Waals surface area contributed by atoms with Crippen molar-refractivity contribution in [2.24, 2.45) is 4.99 Å². The Hall–Kier alpha value is -1.19. The Morgan fingerprint density at radius 2 is 2.00 bits per heavy atom. The van der Waals surface area contributed by atoms with Crippen molar-refractivity contribution in [1.82, 2.24) is 20.3 Å². The monoisotopic (exact) mass is 347 g/mol. The average molecular weight is 348 g/mol. The van der Waals surface area contributed by atoms with Crippen molar-refractivity contribution in [2.75, 3.05) is 25.9 Å². The van der Waals surface area contributed by atoms with E-state index in [1.54, 1.807) is 11.3 Å². The van der Waals surface area contributed by atoms with Gasteiger partial charge in [0.2, 0.25) is 10.0 Å². The van der Waals surface area contributed by atoms with Gasteiger partial charge in [-0.1, -0.05) is 0 Å². The van der Waals surface area contributed by atoms with Gasteiger partial charge >= 0.3 is 0 Å². The fourth-order valence-corrected chi connectivity index (χ4v) is 3.14. The molecule has 0 unspecified atom stereocenters. The number of rotatable bonds is 8. The van der Waals surface area contributed by atoms with Gasteiger partial charge in [0.1, 0.15) is 0 Å². The number of sulfonamides is 1. The number of nitrogens with zero attached hydrogens (tertiary/aromatic N) is 2. The van der Waals surface area contributed by atoms with Crippen LogP contribution in [0.15, 0.2) is 4.99 Å². The number of nitrogens with one attached hydrogen (secondary N) is 3. The molecule has 0 aliphatic carbocycles. The molecule has 0 aliphatic rings. The molecule has 0 radical (unpaired) electrons. The number of aryl methyl sites for hydroxylation is 2. The SMILES string of the molecule is CCNC(=NCc1sc(C)nc1C)NCCCNS(C)(=O)=O. The summed E-state index contributed by atoms with van der Waals surface area (Å²) >= 11 is 1.66. The van der Waals surface area contributed by atoms with E-state index in [1.807, 2.05) is 20.8 Å². The highest BCUT2D eigenvalue weighted by Gasteiger charge is 2.05. The first-order valence-corrected chi connectivity index (χ1v) is 9.92. The zero-order chi connectivity index (χ0) is 16.6. The molecule has 0 fully saturated rings. The Morgan fingerprint density at radius 3 is 2.55 bits per heavy atom. The third-order valence-electron chi connectivity index (χ3n) is 2.73. The van der Waals surface area contributed by atoms with Gasteiger partial charge in [0.05, 0.1) is 23.5 Å². The van der Waals surface area contributed by atoms with Crippen LogP contribution in [0, 0.1) is 13.8 Å². The predicted octanol–water partition coefficient (Wildman–Crippen LogP) is 0.754. The molecular weight excluding hydrogens is 322 g/mol. The summed E-state index contributed by atoms with van der Waals surface area (Å²) in [4.78, 5) is 10.1. The van der Waals surface area contributed by atoms with E-state index in [4.69, 9.17) is 0 Å². The van der Waals surface area contributed by atoms with E-state index in [0.29, 0.717) is 26.1 Å². The van der Waals surface area contributed by atoms with Crippen LogP contribution in [0.4, 0.5) is 0 Å². The topological polar surface area (TPSA) is 95.5 Å². The first-order chi connectivity index (χ1) is 10.3. The molecule has 0 spiro atoms. The zero-order valence-electron chi connectivity index (χ0n) is 13.6. The number of hydrogen-bond donors (Lipinski definition) is 3. The van der Waals surface area contributed by atoms with E-state index in [1.165, 1.54) is 0 Å². The number of thiazole rings is 1. The number of aromatic nitrogens is 1. The van der Waals surface area contributed by atoms with Gasteiger partial charge in [-0.05, 0) is 27.2 Å². The molecule has 0 aromatic carbocycles. The lowest BCUT2D eigenvalue weighted by atomic mass is 10.4. The highest BCUT2D eigenvalue weighted by Crippen LogP contribution is 2.17. The summed E-state index contributed by atoms with van der Waals surface area (Å²) in [7, 11) is -3.11. The van der Waals surface area contributed by atoms with Crippen LogP contribution in [0.3, 0.4) is 0 Å². The summed E-state index contributed by atoms with van der Waals surface area (Å²) in [6.07, 6.45) is 1.85. The van der Waals surface area contributed by atoms with Gasteiger partial charge in [-0.25, -0.2) is 23.1 Å². The van der Waals surface area contributed by atoms with Gasteiger partial charge in [0, 0.05) is 24.5 Å². The normalized spacial score (nSPS) is 12.5. The van der Waals surface area contributed by atoms with E-state index >= 15 is 0 Å². The highest BCUT2D eigenvalue weighted by molar-refractivity contribution is 7.88. The molecule has 0 aliphatic heterocycles. The minimum atomic E-state index is -3.11. The Balaban J connectivity index is 2.44. The standard InChI is InChI=1S/C13H25N5O2S2/c1-5-14-13(15-7-6-8-17-22(4,19)20)16-9-12-10(2)18-11(3)21-12/h17H,5-9H2,1-4H3,(H2,14,15,16). The van der Waals surface area contributed by atoms with Crippen molar-refractivity contribution in [3.8, 4) is 0 Å². The van der Waals surface area contributed by atoms with Crippen molar-refractivity contribution in [2.45, 2.75) is 33.7 Å². The molecule has 1 aromatic heterocycles. The van der Waals surface area contributed by atoms with E-state index in [-0.39, 0.29) is 0 Å². The first-order valence-electron chi connectivity index (χ1n) is 7.21. The zero-order valence-corrected chi connectivity index (χ0v) is 15.2. The van der Waals surface area contributed by atoms with Gasteiger partial charge < -0.3 is 10.6 Å². The molecular formula is C13H25N5O2S2. The first kappa shape index (κ1) is 18.9. The van der Waals surface area contributed by atoms with Gasteiger partial charge in [-0.15, -0.1) is 11.3 Å².